The largest absolute Gasteiger partial charge is 0.453 e. The molecule has 0 aromatic heterocycles. The van der Waals surface area contributed by atoms with E-state index in [4.69, 9.17) is 4.74 Å². The van der Waals surface area contributed by atoms with Crippen molar-refractivity contribution in [2.24, 2.45) is 0 Å². The minimum Gasteiger partial charge on any atom is -0.453 e. The fourth-order valence-electron chi connectivity index (χ4n) is 3.27. The molecule has 2 aromatic rings. The van der Waals surface area contributed by atoms with E-state index in [1.807, 2.05) is 56.6 Å². The molecule has 1 aliphatic carbocycles. The van der Waals surface area contributed by atoms with Crippen molar-refractivity contribution in [3.63, 3.8) is 0 Å². The lowest BCUT2D eigenvalue weighted by atomic mass is 9.85. The third kappa shape index (κ3) is 3.74. The maximum absolute atomic E-state index is 12.3. The monoisotopic (exact) mass is 321 g/mol. The number of hydrogen-bond donors (Lipinski definition) is 0. The van der Waals surface area contributed by atoms with Crippen LogP contribution in [0.15, 0.2) is 60.7 Å². The number of ether oxygens (including phenoxy) is 1. The Hall–Kier alpha value is -2.39. The Kier molecular flexibility index (Phi) is 5.11. The summed E-state index contributed by atoms with van der Waals surface area (Å²) in [6.45, 7) is 0. The first kappa shape index (κ1) is 16.5. The number of esters is 1. The van der Waals surface area contributed by atoms with Crippen LogP contribution in [-0.2, 0) is 16.0 Å². The van der Waals surface area contributed by atoms with Crippen molar-refractivity contribution in [1.82, 2.24) is 4.90 Å². The van der Waals surface area contributed by atoms with E-state index in [0.29, 0.717) is 0 Å². The van der Waals surface area contributed by atoms with Gasteiger partial charge in [0.25, 0.3) is 0 Å². The second kappa shape index (κ2) is 7.45. The smallest absolute Gasteiger partial charge is 0.331 e. The molecule has 0 bridgehead atoms. The van der Waals surface area contributed by atoms with Gasteiger partial charge in [-0.1, -0.05) is 54.6 Å². The van der Waals surface area contributed by atoms with Crippen molar-refractivity contribution in [3.05, 3.63) is 77.4 Å². The van der Waals surface area contributed by atoms with Crippen molar-refractivity contribution >= 4 is 12.0 Å². The van der Waals surface area contributed by atoms with Gasteiger partial charge in [-0.15, -0.1) is 0 Å². The lowest BCUT2D eigenvalue weighted by Gasteiger charge is -2.36. The number of likely N-dealkylation sites (N-methyl/N-ethyl adjacent to an activating group) is 1. The summed E-state index contributed by atoms with van der Waals surface area (Å²) >= 11 is 0. The molecule has 24 heavy (non-hydrogen) atoms. The molecule has 2 aromatic carbocycles. The lowest BCUT2D eigenvalue weighted by Crippen LogP contribution is -2.39. The number of rotatable bonds is 4. The Morgan fingerprint density at radius 3 is 2.54 bits per heavy atom. The van der Waals surface area contributed by atoms with Crippen molar-refractivity contribution in [1.29, 1.82) is 0 Å². The number of benzene rings is 2. The van der Waals surface area contributed by atoms with Gasteiger partial charge in [-0.05, 0) is 49.7 Å². The Balaban J connectivity index is 1.78. The van der Waals surface area contributed by atoms with E-state index < -0.39 is 0 Å². The van der Waals surface area contributed by atoms with Crippen molar-refractivity contribution in [3.8, 4) is 0 Å². The SMILES string of the molecule is CN(C)[C@H]1CCc2ccccc2[C@@H]1OC(=O)/C=C\c1ccccc1. The van der Waals surface area contributed by atoms with Crippen LogP contribution in [0.3, 0.4) is 0 Å². The summed E-state index contributed by atoms with van der Waals surface area (Å²) in [4.78, 5) is 14.5. The van der Waals surface area contributed by atoms with Gasteiger partial charge in [0, 0.05) is 6.08 Å². The Morgan fingerprint density at radius 2 is 1.79 bits per heavy atom. The molecule has 0 fully saturated rings. The van der Waals surface area contributed by atoms with Gasteiger partial charge in [-0.3, -0.25) is 0 Å². The van der Waals surface area contributed by atoms with E-state index in [1.165, 1.54) is 11.6 Å². The first-order valence-corrected chi connectivity index (χ1v) is 8.33. The Bertz CT molecular complexity index is 722. The van der Waals surface area contributed by atoms with Gasteiger partial charge in [-0.2, -0.15) is 0 Å². The molecule has 0 N–H and O–H groups in total. The highest BCUT2D eigenvalue weighted by molar-refractivity contribution is 5.87. The second-order valence-corrected chi connectivity index (χ2v) is 6.37. The summed E-state index contributed by atoms with van der Waals surface area (Å²) < 4.78 is 5.85. The molecule has 1 aliphatic rings. The van der Waals surface area contributed by atoms with E-state index in [2.05, 4.69) is 17.0 Å². The molecule has 0 unspecified atom stereocenters. The molecule has 2 atom stereocenters. The summed E-state index contributed by atoms with van der Waals surface area (Å²) in [6, 6.07) is 18.2. The lowest BCUT2D eigenvalue weighted by molar-refractivity contribution is -0.147. The van der Waals surface area contributed by atoms with Crippen LogP contribution in [0.25, 0.3) is 6.08 Å². The standard InChI is InChI=1S/C21H23NO2/c1-22(2)19-14-13-17-10-6-7-11-18(17)21(19)24-20(23)15-12-16-8-4-3-5-9-16/h3-12,15,19,21H,13-14H2,1-2H3/b15-12-/t19-,21-/m0/s1. The van der Waals surface area contributed by atoms with Gasteiger partial charge >= 0.3 is 5.97 Å². The zero-order valence-corrected chi connectivity index (χ0v) is 14.2. The third-order valence-electron chi connectivity index (χ3n) is 4.54. The van der Waals surface area contributed by atoms with Crippen molar-refractivity contribution < 1.29 is 9.53 Å². The molecule has 3 rings (SSSR count). The molecule has 0 heterocycles. The average Bonchev–Trinajstić information content (AvgIpc) is 2.61. The molecule has 0 aliphatic heterocycles. The van der Waals surface area contributed by atoms with Crippen LogP contribution in [-0.4, -0.2) is 31.0 Å². The zero-order valence-electron chi connectivity index (χ0n) is 14.2. The predicted molar refractivity (Wildman–Crippen MR) is 96.5 cm³/mol. The quantitative estimate of drug-likeness (QED) is 0.632. The topological polar surface area (TPSA) is 29.5 Å². The molecule has 124 valence electrons. The van der Waals surface area contributed by atoms with Gasteiger partial charge in [0.2, 0.25) is 0 Å². The molecule has 3 nitrogen and oxygen atoms in total. The molecule has 0 radical (unpaired) electrons. The second-order valence-electron chi connectivity index (χ2n) is 6.37. The molecule has 0 spiro atoms. The number of hydrogen-bond acceptors (Lipinski definition) is 3. The van der Waals surface area contributed by atoms with Crippen LogP contribution in [0.1, 0.15) is 29.2 Å². The summed E-state index contributed by atoms with van der Waals surface area (Å²) in [5, 5.41) is 0. The fraction of sp³-hybridized carbons (Fsp3) is 0.286. The highest BCUT2D eigenvalue weighted by atomic mass is 16.5. The van der Waals surface area contributed by atoms with Gasteiger partial charge in [0.1, 0.15) is 6.10 Å². The number of nitrogens with zero attached hydrogens (tertiary/aromatic N) is 1. The average molecular weight is 321 g/mol. The molecular formula is C21H23NO2. The summed E-state index contributed by atoms with van der Waals surface area (Å²) in [5.74, 6) is -0.299. The summed E-state index contributed by atoms with van der Waals surface area (Å²) in [5.41, 5.74) is 3.40. The normalized spacial score (nSPS) is 20.1. The van der Waals surface area contributed by atoms with Crippen LogP contribution in [0, 0.1) is 0 Å². The van der Waals surface area contributed by atoms with E-state index >= 15 is 0 Å². The highest BCUT2D eigenvalue weighted by Gasteiger charge is 2.33. The number of carbonyl (C=O) groups is 1. The summed E-state index contributed by atoms with van der Waals surface area (Å²) in [6.07, 6.45) is 5.09. The number of fused-ring (bicyclic) bond motifs is 1. The first-order chi connectivity index (χ1) is 11.6. The van der Waals surface area contributed by atoms with Gasteiger partial charge in [-0.25, -0.2) is 4.79 Å². The van der Waals surface area contributed by atoms with Gasteiger partial charge < -0.3 is 9.64 Å². The molecular weight excluding hydrogens is 298 g/mol. The minimum absolute atomic E-state index is 0.203. The van der Waals surface area contributed by atoms with E-state index in [1.54, 1.807) is 6.08 Å². The fourth-order valence-corrected chi connectivity index (χ4v) is 3.27. The van der Waals surface area contributed by atoms with Crippen molar-refractivity contribution in [2.75, 3.05) is 14.1 Å². The third-order valence-corrected chi connectivity index (χ3v) is 4.54. The van der Waals surface area contributed by atoms with Crippen LogP contribution >= 0.6 is 0 Å². The maximum Gasteiger partial charge on any atom is 0.331 e. The van der Waals surface area contributed by atoms with Crippen LogP contribution in [0.5, 0.6) is 0 Å². The first-order valence-electron chi connectivity index (χ1n) is 8.33. The van der Waals surface area contributed by atoms with E-state index in [9.17, 15) is 4.79 Å². The molecule has 0 saturated heterocycles. The molecule has 3 heteroatoms. The Labute approximate surface area is 143 Å². The zero-order chi connectivity index (χ0) is 16.9. The minimum atomic E-state index is -0.299. The summed E-state index contributed by atoms with van der Waals surface area (Å²) in [7, 11) is 4.08. The van der Waals surface area contributed by atoms with E-state index in [-0.39, 0.29) is 18.1 Å². The maximum atomic E-state index is 12.3. The van der Waals surface area contributed by atoms with Gasteiger partial charge in [0.15, 0.2) is 0 Å². The van der Waals surface area contributed by atoms with E-state index in [0.717, 1.165) is 24.0 Å². The van der Waals surface area contributed by atoms with Crippen LogP contribution < -0.4 is 0 Å². The van der Waals surface area contributed by atoms with Gasteiger partial charge in [0.05, 0.1) is 6.04 Å². The number of carbonyl (C=O) groups excluding carboxylic acids is 1. The number of aryl methyl sites for hydroxylation is 1. The van der Waals surface area contributed by atoms with Crippen molar-refractivity contribution in [2.45, 2.75) is 25.0 Å². The predicted octanol–water partition coefficient (Wildman–Crippen LogP) is 3.86. The molecule has 0 saturated carbocycles. The molecule has 0 amide bonds. The Morgan fingerprint density at radius 1 is 1.08 bits per heavy atom. The highest BCUT2D eigenvalue weighted by Crippen LogP contribution is 2.35. The van der Waals surface area contributed by atoms with Crippen LogP contribution in [0.4, 0.5) is 0 Å². The van der Waals surface area contributed by atoms with Crippen LogP contribution in [0.2, 0.25) is 0 Å².